The van der Waals surface area contributed by atoms with E-state index in [9.17, 15) is 14.7 Å². The number of hydrogen-bond donors (Lipinski definition) is 1. The van der Waals surface area contributed by atoms with E-state index in [0.29, 0.717) is 38.0 Å². The second kappa shape index (κ2) is 12.2. The zero-order valence-corrected chi connectivity index (χ0v) is 18.3. The molecule has 2 rings (SSSR count). The first kappa shape index (κ1) is 23.7. The fraction of sp³-hybridized carbons (Fsp3) is 0.520. The Balaban J connectivity index is 1.91. The molecule has 1 aliphatic heterocycles. The quantitative estimate of drug-likeness (QED) is 0.382. The molecule has 1 heterocycles. The second-order valence-electron chi connectivity index (χ2n) is 7.62. The number of aliphatic hydroxyl groups is 1. The SMILES string of the molecule is CCC#CC[C@H](C)[C@H](O)C=C[C@H]1CCC(=O)N1CCc1ccc(C(=O)OCC)cc1. The van der Waals surface area contributed by atoms with E-state index >= 15 is 0 Å². The summed E-state index contributed by atoms with van der Waals surface area (Å²) in [5.74, 6) is 5.99. The maximum absolute atomic E-state index is 12.3. The molecule has 0 radical (unpaired) electrons. The minimum atomic E-state index is -0.566. The first-order valence-electron chi connectivity index (χ1n) is 10.8. The third kappa shape index (κ3) is 7.03. The molecule has 3 atom stereocenters. The molecule has 0 unspecified atom stereocenters. The highest BCUT2D eigenvalue weighted by Crippen LogP contribution is 2.21. The zero-order chi connectivity index (χ0) is 21.9. The average molecular weight is 412 g/mol. The van der Waals surface area contributed by atoms with Crippen LogP contribution in [0.15, 0.2) is 36.4 Å². The number of esters is 1. The lowest BCUT2D eigenvalue weighted by Gasteiger charge is -2.23. The van der Waals surface area contributed by atoms with Crippen LogP contribution < -0.4 is 0 Å². The fourth-order valence-electron chi connectivity index (χ4n) is 3.43. The summed E-state index contributed by atoms with van der Waals surface area (Å²) in [5.41, 5.74) is 1.60. The van der Waals surface area contributed by atoms with Crippen molar-refractivity contribution in [2.45, 2.75) is 65.0 Å². The van der Waals surface area contributed by atoms with E-state index in [2.05, 4.69) is 11.8 Å². The molecule has 1 N–H and O–H groups in total. The molecule has 1 aromatic rings. The Morgan fingerprint density at radius 2 is 2.03 bits per heavy atom. The Bertz CT molecular complexity index is 788. The van der Waals surface area contributed by atoms with Gasteiger partial charge in [-0.3, -0.25) is 4.79 Å². The maximum Gasteiger partial charge on any atom is 0.338 e. The van der Waals surface area contributed by atoms with E-state index in [0.717, 1.165) is 18.4 Å². The van der Waals surface area contributed by atoms with Crippen molar-refractivity contribution < 1.29 is 19.4 Å². The molecule has 0 aliphatic carbocycles. The largest absolute Gasteiger partial charge is 0.462 e. The first-order valence-corrected chi connectivity index (χ1v) is 10.8. The smallest absolute Gasteiger partial charge is 0.338 e. The van der Waals surface area contributed by atoms with Crippen molar-refractivity contribution >= 4 is 11.9 Å². The minimum Gasteiger partial charge on any atom is -0.462 e. The number of carbonyl (C=O) groups is 2. The van der Waals surface area contributed by atoms with Crippen LogP contribution in [0.25, 0.3) is 0 Å². The molecular weight excluding hydrogens is 378 g/mol. The Kier molecular flexibility index (Phi) is 9.63. The van der Waals surface area contributed by atoms with Gasteiger partial charge in [0.1, 0.15) is 0 Å². The van der Waals surface area contributed by atoms with Gasteiger partial charge in [-0.25, -0.2) is 4.79 Å². The van der Waals surface area contributed by atoms with Crippen molar-refractivity contribution in [1.82, 2.24) is 4.90 Å². The molecule has 1 fully saturated rings. The van der Waals surface area contributed by atoms with Crippen molar-refractivity contribution in [2.75, 3.05) is 13.2 Å². The van der Waals surface area contributed by atoms with E-state index < -0.39 is 6.10 Å². The van der Waals surface area contributed by atoms with Gasteiger partial charge in [0.25, 0.3) is 0 Å². The molecule has 1 amide bonds. The van der Waals surface area contributed by atoms with Crippen LogP contribution in [0, 0.1) is 17.8 Å². The van der Waals surface area contributed by atoms with Crippen molar-refractivity contribution in [2.24, 2.45) is 5.92 Å². The summed E-state index contributed by atoms with van der Waals surface area (Å²) in [4.78, 5) is 26.0. The monoisotopic (exact) mass is 411 g/mol. The van der Waals surface area contributed by atoms with Crippen LogP contribution in [0.2, 0.25) is 0 Å². The van der Waals surface area contributed by atoms with Gasteiger partial charge in [0.05, 0.1) is 24.3 Å². The highest BCUT2D eigenvalue weighted by atomic mass is 16.5. The molecule has 162 valence electrons. The van der Waals surface area contributed by atoms with Crippen molar-refractivity contribution in [3.8, 4) is 11.8 Å². The third-order valence-corrected chi connectivity index (χ3v) is 5.32. The first-order chi connectivity index (χ1) is 14.5. The molecule has 0 bridgehead atoms. The van der Waals surface area contributed by atoms with Crippen molar-refractivity contribution in [1.29, 1.82) is 0 Å². The standard InChI is InChI=1S/C25H33NO4/c1-4-6-7-8-19(3)23(27)15-13-22-14-16-24(28)26(22)18-17-20-9-11-21(12-10-20)25(29)30-5-2/h9-13,15,19,22-23,27H,4-5,8,14,16-18H2,1-3H3/t19-,22-,23+/m0/s1. The highest BCUT2D eigenvalue weighted by Gasteiger charge is 2.28. The predicted octanol–water partition coefficient (Wildman–Crippen LogP) is 3.75. The van der Waals surface area contributed by atoms with Crippen LogP contribution >= 0.6 is 0 Å². The summed E-state index contributed by atoms with van der Waals surface area (Å²) in [7, 11) is 0. The Labute approximate surface area is 180 Å². The number of ether oxygens (including phenoxy) is 1. The highest BCUT2D eigenvalue weighted by molar-refractivity contribution is 5.89. The molecule has 0 saturated carbocycles. The summed E-state index contributed by atoms with van der Waals surface area (Å²) in [6.07, 6.45) is 6.70. The summed E-state index contributed by atoms with van der Waals surface area (Å²) in [6.45, 7) is 6.74. The fourth-order valence-corrected chi connectivity index (χ4v) is 3.43. The second-order valence-corrected chi connectivity index (χ2v) is 7.62. The Morgan fingerprint density at radius 3 is 2.70 bits per heavy atom. The van der Waals surface area contributed by atoms with Crippen LogP contribution in [-0.4, -0.2) is 47.2 Å². The van der Waals surface area contributed by atoms with Crippen molar-refractivity contribution in [3.63, 3.8) is 0 Å². The molecule has 0 aromatic heterocycles. The normalized spacial score (nSPS) is 18.2. The van der Waals surface area contributed by atoms with Gasteiger partial charge in [-0.2, -0.15) is 0 Å². The molecule has 1 aliphatic rings. The van der Waals surface area contributed by atoms with Gasteiger partial charge in [-0.15, -0.1) is 11.8 Å². The topological polar surface area (TPSA) is 66.8 Å². The molecule has 5 heteroatoms. The summed E-state index contributed by atoms with van der Waals surface area (Å²) in [6, 6.07) is 7.34. The lowest BCUT2D eigenvalue weighted by Crippen LogP contribution is -2.34. The molecule has 1 saturated heterocycles. The number of aliphatic hydroxyl groups excluding tert-OH is 1. The average Bonchev–Trinajstić information content (AvgIpc) is 3.10. The van der Waals surface area contributed by atoms with Gasteiger partial charge in [0.2, 0.25) is 5.91 Å². The number of likely N-dealkylation sites (tertiary alicyclic amines) is 1. The number of amides is 1. The summed E-state index contributed by atoms with van der Waals surface area (Å²) < 4.78 is 5.00. The van der Waals surface area contributed by atoms with Crippen LogP contribution in [0.4, 0.5) is 0 Å². The van der Waals surface area contributed by atoms with Crippen LogP contribution in [-0.2, 0) is 16.0 Å². The van der Waals surface area contributed by atoms with E-state index in [1.54, 1.807) is 19.1 Å². The Morgan fingerprint density at radius 1 is 1.30 bits per heavy atom. The van der Waals surface area contributed by atoms with Gasteiger partial charge in [0, 0.05) is 25.8 Å². The van der Waals surface area contributed by atoms with Gasteiger partial charge < -0.3 is 14.7 Å². The molecule has 5 nitrogen and oxygen atoms in total. The number of nitrogens with zero attached hydrogens (tertiary/aromatic N) is 1. The van der Waals surface area contributed by atoms with E-state index in [4.69, 9.17) is 4.74 Å². The summed E-state index contributed by atoms with van der Waals surface area (Å²) >= 11 is 0. The Hall–Kier alpha value is -2.58. The molecule has 0 spiro atoms. The van der Waals surface area contributed by atoms with Gasteiger partial charge in [-0.1, -0.05) is 38.1 Å². The lowest BCUT2D eigenvalue weighted by atomic mass is 10.00. The third-order valence-electron chi connectivity index (χ3n) is 5.32. The number of rotatable bonds is 9. The predicted molar refractivity (Wildman–Crippen MR) is 118 cm³/mol. The van der Waals surface area contributed by atoms with Crippen molar-refractivity contribution in [3.05, 3.63) is 47.5 Å². The zero-order valence-electron chi connectivity index (χ0n) is 18.3. The molecule has 30 heavy (non-hydrogen) atoms. The van der Waals surface area contributed by atoms with E-state index in [-0.39, 0.29) is 23.8 Å². The van der Waals surface area contributed by atoms with Gasteiger partial charge >= 0.3 is 5.97 Å². The van der Waals surface area contributed by atoms with E-state index in [1.807, 2.05) is 43.0 Å². The van der Waals surface area contributed by atoms with Gasteiger partial charge in [-0.05, 0) is 43.4 Å². The maximum atomic E-state index is 12.3. The molecular formula is C25H33NO4. The number of hydrogen-bond acceptors (Lipinski definition) is 4. The minimum absolute atomic E-state index is 0.0138. The number of carbonyl (C=O) groups excluding carboxylic acids is 2. The lowest BCUT2D eigenvalue weighted by molar-refractivity contribution is -0.128. The van der Waals surface area contributed by atoms with E-state index in [1.165, 1.54) is 0 Å². The summed E-state index contributed by atoms with van der Waals surface area (Å²) in [5, 5.41) is 10.4. The van der Waals surface area contributed by atoms with Crippen LogP contribution in [0.3, 0.4) is 0 Å². The van der Waals surface area contributed by atoms with Gasteiger partial charge in [0.15, 0.2) is 0 Å². The molecule has 1 aromatic carbocycles. The van der Waals surface area contributed by atoms with Crippen LogP contribution in [0.1, 0.15) is 62.4 Å². The number of benzene rings is 1. The van der Waals surface area contributed by atoms with Crippen LogP contribution in [0.5, 0.6) is 0 Å².